The van der Waals surface area contributed by atoms with Gasteiger partial charge in [0.25, 0.3) is 0 Å². The van der Waals surface area contributed by atoms with Crippen LogP contribution in [0.1, 0.15) is 31.4 Å². The maximum atomic E-state index is 9.50. The highest BCUT2D eigenvalue weighted by Gasteiger charge is 2.38. The first kappa shape index (κ1) is 8.47. The van der Waals surface area contributed by atoms with Crippen LogP contribution in [0.25, 0.3) is 0 Å². The van der Waals surface area contributed by atoms with Gasteiger partial charge in [-0.3, -0.25) is 0 Å². The highest BCUT2D eigenvalue weighted by molar-refractivity contribution is 5.39. The second-order valence-electron chi connectivity index (χ2n) is 3.65. The van der Waals surface area contributed by atoms with Crippen molar-refractivity contribution in [3.8, 4) is 0 Å². The molecule has 0 radical (unpaired) electrons. The molecular formula is C9H12N2O2. The minimum atomic E-state index is -0.877. The van der Waals surface area contributed by atoms with Crippen molar-refractivity contribution in [3.05, 3.63) is 23.4 Å². The maximum Gasteiger partial charge on any atom is 0.184 e. The van der Waals surface area contributed by atoms with E-state index in [1.165, 1.54) is 0 Å². The summed E-state index contributed by atoms with van der Waals surface area (Å²) in [5.74, 6) is 0.449. The lowest BCUT2D eigenvalue weighted by Gasteiger charge is -2.17. The third-order valence-corrected chi connectivity index (χ3v) is 2.19. The number of pyridine rings is 1. The van der Waals surface area contributed by atoms with Crippen LogP contribution in [-0.2, 0) is 10.3 Å². The summed E-state index contributed by atoms with van der Waals surface area (Å²) in [6, 6.07) is 3.41. The lowest BCUT2D eigenvalue weighted by Crippen LogP contribution is -2.17. The molecule has 1 atom stereocenters. The number of anilines is 1. The van der Waals surface area contributed by atoms with E-state index >= 15 is 0 Å². The number of nitrogen functional groups attached to an aromatic ring is 1. The summed E-state index contributed by atoms with van der Waals surface area (Å²) in [6.07, 6.45) is -0.877. The van der Waals surface area contributed by atoms with Gasteiger partial charge in [-0.1, -0.05) is 0 Å². The molecule has 1 aromatic heterocycles. The zero-order valence-electron chi connectivity index (χ0n) is 7.61. The molecule has 0 fully saturated rings. The van der Waals surface area contributed by atoms with Gasteiger partial charge in [-0.05, 0) is 26.0 Å². The zero-order valence-corrected chi connectivity index (χ0v) is 7.61. The van der Waals surface area contributed by atoms with Gasteiger partial charge in [-0.15, -0.1) is 0 Å². The molecule has 4 heteroatoms. The van der Waals surface area contributed by atoms with Crippen molar-refractivity contribution in [3.63, 3.8) is 0 Å². The summed E-state index contributed by atoms with van der Waals surface area (Å²) in [6.45, 7) is 3.71. The molecule has 13 heavy (non-hydrogen) atoms. The summed E-state index contributed by atoms with van der Waals surface area (Å²) >= 11 is 0. The molecule has 0 aromatic carbocycles. The Bertz CT molecular complexity index is 349. The molecule has 1 aliphatic rings. The predicted octanol–water partition coefficient (Wildman–Crippen LogP) is 0.920. The van der Waals surface area contributed by atoms with Crippen LogP contribution in [0.15, 0.2) is 12.1 Å². The normalized spacial score (nSPS) is 24.4. The molecule has 2 rings (SSSR count). The Labute approximate surface area is 76.4 Å². The molecule has 1 unspecified atom stereocenters. The van der Waals surface area contributed by atoms with E-state index < -0.39 is 11.9 Å². The van der Waals surface area contributed by atoms with Crippen molar-refractivity contribution in [2.45, 2.75) is 25.7 Å². The third kappa shape index (κ3) is 1.18. The van der Waals surface area contributed by atoms with E-state index in [2.05, 4.69) is 4.98 Å². The van der Waals surface area contributed by atoms with Crippen LogP contribution in [0, 0.1) is 0 Å². The fraction of sp³-hybridized carbons (Fsp3) is 0.444. The van der Waals surface area contributed by atoms with Crippen molar-refractivity contribution in [2.24, 2.45) is 0 Å². The van der Waals surface area contributed by atoms with Crippen LogP contribution in [0.5, 0.6) is 0 Å². The van der Waals surface area contributed by atoms with Crippen LogP contribution < -0.4 is 5.73 Å². The Balaban J connectivity index is 2.60. The second-order valence-corrected chi connectivity index (χ2v) is 3.65. The van der Waals surface area contributed by atoms with E-state index in [1.807, 2.05) is 13.8 Å². The van der Waals surface area contributed by atoms with Crippen molar-refractivity contribution < 1.29 is 9.84 Å². The summed E-state index contributed by atoms with van der Waals surface area (Å²) < 4.78 is 5.31. The molecule has 0 spiro atoms. The van der Waals surface area contributed by atoms with Gasteiger partial charge in [0, 0.05) is 5.56 Å². The topological polar surface area (TPSA) is 68.4 Å². The van der Waals surface area contributed by atoms with Crippen LogP contribution in [0.2, 0.25) is 0 Å². The average molecular weight is 180 g/mol. The zero-order chi connectivity index (χ0) is 9.64. The minimum Gasteiger partial charge on any atom is -0.384 e. The van der Waals surface area contributed by atoms with Gasteiger partial charge in [0.15, 0.2) is 6.29 Å². The van der Waals surface area contributed by atoms with Crippen LogP contribution in [0.4, 0.5) is 5.82 Å². The first-order valence-electron chi connectivity index (χ1n) is 4.13. The smallest absolute Gasteiger partial charge is 0.184 e. The number of aromatic nitrogens is 1. The fourth-order valence-corrected chi connectivity index (χ4v) is 1.56. The lowest BCUT2D eigenvalue weighted by atomic mass is 10.0. The summed E-state index contributed by atoms with van der Waals surface area (Å²) in [7, 11) is 0. The molecule has 70 valence electrons. The maximum absolute atomic E-state index is 9.50. The standard InChI is InChI=1S/C9H12N2O2/c1-9(2)7-5(8(12)13-9)3-4-6(10)11-7/h3-4,8,12H,1-2H3,(H2,10,11). The monoisotopic (exact) mass is 180 g/mol. The van der Waals surface area contributed by atoms with E-state index in [1.54, 1.807) is 12.1 Å². The molecule has 1 aliphatic heterocycles. The lowest BCUT2D eigenvalue weighted by molar-refractivity contribution is -0.158. The first-order valence-corrected chi connectivity index (χ1v) is 4.13. The number of nitrogens with two attached hydrogens (primary N) is 1. The largest absolute Gasteiger partial charge is 0.384 e. The number of aliphatic hydroxyl groups excluding tert-OH is 1. The van der Waals surface area contributed by atoms with Gasteiger partial charge in [0.2, 0.25) is 0 Å². The highest BCUT2D eigenvalue weighted by atomic mass is 16.6. The third-order valence-electron chi connectivity index (χ3n) is 2.19. The van der Waals surface area contributed by atoms with Gasteiger partial charge in [-0.25, -0.2) is 4.98 Å². The van der Waals surface area contributed by atoms with Crippen molar-refractivity contribution >= 4 is 5.82 Å². The number of ether oxygens (including phenoxy) is 1. The molecule has 3 N–H and O–H groups in total. The molecule has 0 bridgehead atoms. The minimum absolute atomic E-state index is 0.449. The number of hydrogen-bond acceptors (Lipinski definition) is 4. The van der Waals surface area contributed by atoms with Gasteiger partial charge in [0.1, 0.15) is 11.4 Å². The van der Waals surface area contributed by atoms with Crippen molar-refractivity contribution in [2.75, 3.05) is 5.73 Å². The average Bonchev–Trinajstić information content (AvgIpc) is 2.23. The van der Waals surface area contributed by atoms with Crippen LogP contribution in [0.3, 0.4) is 0 Å². The molecule has 0 saturated carbocycles. The Morgan fingerprint density at radius 1 is 1.54 bits per heavy atom. The molecule has 0 saturated heterocycles. The van der Waals surface area contributed by atoms with E-state index in [4.69, 9.17) is 10.5 Å². The summed E-state index contributed by atoms with van der Waals surface area (Å²) in [5, 5.41) is 9.50. The molecule has 0 aliphatic carbocycles. The number of rotatable bonds is 0. The molecular weight excluding hydrogens is 168 g/mol. The SMILES string of the molecule is CC1(C)OC(O)c2ccc(N)nc21. The van der Waals surface area contributed by atoms with Gasteiger partial charge >= 0.3 is 0 Å². The van der Waals surface area contributed by atoms with Gasteiger partial charge < -0.3 is 15.6 Å². The Hall–Kier alpha value is -1.13. The van der Waals surface area contributed by atoms with E-state index in [0.717, 1.165) is 5.69 Å². The second kappa shape index (κ2) is 2.43. The predicted molar refractivity (Wildman–Crippen MR) is 47.7 cm³/mol. The van der Waals surface area contributed by atoms with Crippen molar-refractivity contribution in [1.29, 1.82) is 0 Å². The van der Waals surface area contributed by atoms with Crippen molar-refractivity contribution in [1.82, 2.24) is 4.98 Å². The van der Waals surface area contributed by atoms with Crippen LogP contribution >= 0.6 is 0 Å². The molecule has 1 aromatic rings. The highest BCUT2D eigenvalue weighted by Crippen LogP contribution is 2.40. The number of fused-ring (bicyclic) bond motifs is 1. The Morgan fingerprint density at radius 3 is 2.92 bits per heavy atom. The summed E-state index contributed by atoms with van der Waals surface area (Å²) in [5.41, 5.74) is 6.43. The quantitative estimate of drug-likeness (QED) is 0.623. The fourth-order valence-electron chi connectivity index (χ4n) is 1.56. The Morgan fingerprint density at radius 2 is 2.23 bits per heavy atom. The molecule has 4 nitrogen and oxygen atoms in total. The summed E-state index contributed by atoms with van der Waals surface area (Å²) in [4.78, 5) is 4.15. The Kier molecular flexibility index (Phi) is 1.58. The van der Waals surface area contributed by atoms with Crippen LogP contribution in [-0.4, -0.2) is 10.1 Å². The van der Waals surface area contributed by atoms with Gasteiger partial charge in [-0.2, -0.15) is 0 Å². The first-order chi connectivity index (χ1) is 6.00. The number of nitrogens with zero attached hydrogens (tertiary/aromatic N) is 1. The molecule has 2 heterocycles. The van der Waals surface area contributed by atoms with E-state index in [0.29, 0.717) is 11.4 Å². The molecule has 0 amide bonds. The van der Waals surface area contributed by atoms with Gasteiger partial charge in [0.05, 0.1) is 5.69 Å². The number of hydrogen-bond donors (Lipinski definition) is 2. The number of aliphatic hydroxyl groups is 1. The van der Waals surface area contributed by atoms with E-state index in [9.17, 15) is 5.11 Å². The van der Waals surface area contributed by atoms with E-state index in [-0.39, 0.29) is 0 Å².